The molecule has 1 aliphatic heterocycles. The number of nitrogens with one attached hydrogen (secondary N) is 1. The summed E-state index contributed by atoms with van der Waals surface area (Å²) in [5.74, 6) is 0.554. The molecule has 0 saturated carbocycles. The lowest BCUT2D eigenvalue weighted by atomic mass is 9.72. The maximum atomic E-state index is 6.35. The largest absolute Gasteiger partial charge is 0.381 e. The normalized spacial score (nSPS) is 22.4. The molecule has 5 rings (SSSR count). The highest BCUT2D eigenvalue weighted by Gasteiger charge is 2.44. The van der Waals surface area contributed by atoms with E-state index in [0.717, 1.165) is 60.2 Å². The second kappa shape index (κ2) is 7.80. The first-order chi connectivity index (χ1) is 15.0. The number of aromatic amines is 1. The molecule has 0 radical (unpaired) electrons. The van der Waals surface area contributed by atoms with Gasteiger partial charge >= 0.3 is 0 Å². The van der Waals surface area contributed by atoms with Crippen molar-refractivity contribution in [3.63, 3.8) is 0 Å². The first-order valence-corrected chi connectivity index (χ1v) is 11.0. The van der Waals surface area contributed by atoms with Crippen molar-refractivity contribution < 1.29 is 9.47 Å². The zero-order chi connectivity index (χ0) is 21.5. The minimum Gasteiger partial charge on any atom is -0.381 e. The van der Waals surface area contributed by atoms with Crippen LogP contribution in [0, 0.1) is 5.41 Å². The number of H-pyrrole nitrogens is 1. The Hall–Kier alpha value is -2.64. The van der Waals surface area contributed by atoms with Crippen molar-refractivity contribution in [1.29, 1.82) is 0 Å². The fraction of sp³-hybridized carbons (Fsp3) is 0.500. The number of aryl methyl sites for hydroxylation is 1. The van der Waals surface area contributed by atoms with Gasteiger partial charge in [0.2, 0.25) is 5.82 Å². The molecule has 1 unspecified atom stereocenters. The van der Waals surface area contributed by atoms with Crippen LogP contribution in [0.15, 0.2) is 30.3 Å². The van der Waals surface area contributed by atoms with Crippen LogP contribution < -0.4 is 0 Å². The topological polar surface area (TPSA) is 85.8 Å². The van der Waals surface area contributed by atoms with Crippen molar-refractivity contribution in [1.82, 2.24) is 25.6 Å². The van der Waals surface area contributed by atoms with E-state index in [1.165, 1.54) is 5.56 Å². The molecule has 1 atom stereocenters. The van der Waals surface area contributed by atoms with Crippen LogP contribution in [0.1, 0.15) is 50.1 Å². The molecule has 0 spiro atoms. The average Bonchev–Trinajstić information content (AvgIpc) is 3.46. The van der Waals surface area contributed by atoms with E-state index in [2.05, 4.69) is 58.7 Å². The van der Waals surface area contributed by atoms with E-state index in [-0.39, 0.29) is 5.41 Å². The monoisotopic (exact) mass is 419 g/mol. The lowest BCUT2D eigenvalue weighted by Crippen LogP contribution is -2.34. The van der Waals surface area contributed by atoms with Gasteiger partial charge in [-0.1, -0.05) is 44.2 Å². The van der Waals surface area contributed by atoms with Crippen molar-refractivity contribution in [3.8, 4) is 22.5 Å². The Bertz CT molecular complexity index is 1060. The zero-order valence-electron chi connectivity index (χ0n) is 18.4. The molecular formula is C24H29N5O2. The van der Waals surface area contributed by atoms with E-state index < -0.39 is 5.60 Å². The number of rotatable bonds is 5. The average molecular weight is 420 g/mol. The Morgan fingerprint density at radius 3 is 2.65 bits per heavy atom. The van der Waals surface area contributed by atoms with Crippen molar-refractivity contribution in [2.24, 2.45) is 5.41 Å². The predicted molar refractivity (Wildman–Crippen MR) is 117 cm³/mol. The van der Waals surface area contributed by atoms with Gasteiger partial charge in [-0.05, 0) is 59.4 Å². The Morgan fingerprint density at radius 1 is 1.13 bits per heavy atom. The van der Waals surface area contributed by atoms with E-state index in [1.807, 2.05) is 6.07 Å². The molecule has 1 aromatic carbocycles. The summed E-state index contributed by atoms with van der Waals surface area (Å²) in [6.45, 7) is 5.81. The Morgan fingerprint density at radius 2 is 1.97 bits per heavy atom. The SMILES string of the molecule is COCC1(c2nc3c(c(-c4ccccc4)c2-c2nn[nH]n2)CC(C)(C)CC3)CCCO1. The van der Waals surface area contributed by atoms with Crippen molar-refractivity contribution in [3.05, 3.63) is 47.3 Å². The van der Waals surface area contributed by atoms with Crippen LogP contribution >= 0.6 is 0 Å². The lowest BCUT2D eigenvalue weighted by molar-refractivity contribution is -0.0586. The van der Waals surface area contributed by atoms with Gasteiger partial charge in [0, 0.05) is 19.4 Å². The second-order valence-corrected chi connectivity index (χ2v) is 9.46. The molecular weight excluding hydrogens is 390 g/mol. The maximum Gasteiger partial charge on any atom is 0.207 e. The number of tetrazole rings is 1. The molecule has 162 valence electrons. The van der Waals surface area contributed by atoms with Gasteiger partial charge < -0.3 is 9.47 Å². The standard InChI is InChI=1S/C24H29N5O2/c1-23(2)12-10-18-17(14-23)19(16-8-5-4-6-9-16)20(22-26-28-29-27-22)21(25-18)24(15-30-3)11-7-13-31-24/h4-6,8-9H,7,10-15H2,1-3H3,(H,26,27,28,29). The Balaban J connectivity index is 1.86. The van der Waals surface area contributed by atoms with Crippen LogP contribution in [0.25, 0.3) is 22.5 Å². The summed E-state index contributed by atoms with van der Waals surface area (Å²) in [7, 11) is 1.72. The summed E-state index contributed by atoms with van der Waals surface area (Å²) in [5.41, 5.74) is 6.15. The number of aromatic nitrogens is 5. The fourth-order valence-corrected chi connectivity index (χ4v) is 5.13. The smallest absolute Gasteiger partial charge is 0.207 e. The van der Waals surface area contributed by atoms with Gasteiger partial charge in [-0.15, -0.1) is 10.2 Å². The molecule has 31 heavy (non-hydrogen) atoms. The predicted octanol–water partition coefficient (Wildman–Crippen LogP) is 4.10. The summed E-state index contributed by atoms with van der Waals surface area (Å²) < 4.78 is 12.0. The number of benzene rings is 1. The van der Waals surface area contributed by atoms with Crippen LogP contribution in [0.4, 0.5) is 0 Å². The van der Waals surface area contributed by atoms with Gasteiger partial charge in [-0.3, -0.25) is 4.98 Å². The van der Waals surface area contributed by atoms with Crippen molar-refractivity contribution in [2.75, 3.05) is 20.3 Å². The Kier molecular flexibility index (Phi) is 5.10. The summed E-state index contributed by atoms with van der Waals surface area (Å²) in [6.07, 6.45) is 4.85. The summed E-state index contributed by atoms with van der Waals surface area (Å²) in [4.78, 5) is 5.27. The number of pyridine rings is 1. The molecule has 0 bridgehead atoms. The van der Waals surface area contributed by atoms with Crippen LogP contribution in [0.3, 0.4) is 0 Å². The van der Waals surface area contributed by atoms with Gasteiger partial charge in [0.1, 0.15) is 5.60 Å². The van der Waals surface area contributed by atoms with E-state index in [9.17, 15) is 0 Å². The third-order valence-electron chi connectivity index (χ3n) is 6.62. The highest BCUT2D eigenvalue weighted by molar-refractivity contribution is 5.86. The molecule has 1 aliphatic carbocycles. The highest BCUT2D eigenvalue weighted by atomic mass is 16.5. The van der Waals surface area contributed by atoms with Gasteiger partial charge in [0.25, 0.3) is 0 Å². The molecule has 0 amide bonds. The molecule has 7 nitrogen and oxygen atoms in total. The fourth-order valence-electron chi connectivity index (χ4n) is 5.13. The Labute approximate surface area is 182 Å². The summed E-state index contributed by atoms with van der Waals surface area (Å²) in [6, 6.07) is 10.5. The van der Waals surface area contributed by atoms with Crippen LogP contribution in [0.5, 0.6) is 0 Å². The van der Waals surface area contributed by atoms with Crippen LogP contribution in [-0.2, 0) is 27.9 Å². The van der Waals surface area contributed by atoms with E-state index in [0.29, 0.717) is 19.0 Å². The molecule has 1 fully saturated rings. The van der Waals surface area contributed by atoms with Crippen molar-refractivity contribution in [2.45, 2.75) is 51.6 Å². The van der Waals surface area contributed by atoms with E-state index in [1.54, 1.807) is 7.11 Å². The minimum atomic E-state index is -0.601. The molecule has 7 heteroatoms. The number of hydrogen-bond donors (Lipinski definition) is 1. The van der Waals surface area contributed by atoms with Gasteiger partial charge in [0.05, 0.1) is 17.9 Å². The minimum absolute atomic E-state index is 0.211. The summed E-state index contributed by atoms with van der Waals surface area (Å²) >= 11 is 0. The first-order valence-electron chi connectivity index (χ1n) is 11.0. The quantitative estimate of drug-likeness (QED) is 0.670. The van der Waals surface area contributed by atoms with Crippen LogP contribution in [0.2, 0.25) is 0 Å². The molecule has 2 aliphatic rings. The highest BCUT2D eigenvalue weighted by Crippen LogP contribution is 2.48. The third kappa shape index (κ3) is 3.55. The van der Waals surface area contributed by atoms with Gasteiger partial charge in [-0.25, -0.2) is 0 Å². The van der Waals surface area contributed by atoms with Gasteiger partial charge in [-0.2, -0.15) is 5.21 Å². The van der Waals surface area contributed by atoms with Gasteiger partial charge in [0.15, 0.2) is 0 Å². The molecule has 1 N–H and O–H groups in total. The summed E-state index contributed by atoms with van der Waals surface area (Å²) in [5, 5.41) is 15.3. The number of ether oxygens (including phenoxy) is 2. The molecule has 3 aromatic rings. The van der Waals surface area contributed by atoms with E-state index >= 15 is 0 Å². The third-order valence-corrected chi connectivity index (χ3v) is 6.62. The van der Waals surface area contributed by atoms with Crippen LogP contribution in [-0.4, -0.2) is 45.9 Å². The molecule has 3 heterocycles. The van der Waals surface area contributed by atoms with Crippen molar-refractivity contribution >= 4 is 0 Å². The maximum absolute atomic E-state index is 6.35. The first kappa shape index (κ1) is 20.3. The van der Waals surface area contributed by atoms with E-state index in [4.69, 9.17) is 14.5 Å². The second-order valence-electron chi connectivity index (χ2n) is 9.46. The number of nitrogens with zero attached hydrogens (tertiary/aromatic N) is 4. The zero-order valence-corrected chi connectivity index (χ0v) is 18.4. The number of hydrogen-bond acceptors (Lipinski definition) is 6. The molecule has 2 aromatic heterocycles. The number of fused-ring (bicyclic) bond motifs is 1. The molecule has 1 saturated heterocycles. The number of methoxy groups -OCH3 is 1. The lowest BCUT2D eigenvalue weighted by Gasteiger charge is -2.36.